The van der Waals surface area contributed by atoms with Crippen LogP contribution in [0.3, 0.4) is 0 Å². The van der Waals surface area contributed by atoms with E-state index in [0.29, 0.717) is 21.9 Å². The first-order valence-corrected chi connectivity index (χ1v) is 11.9. The van der Waals surface area contributed by atoms with Crippen molar-refractivity contribution < 1.29 is 14.1 Å². The van der Waals surface area contributed by atoms with Crippen LogP contribution in [0.25, 0.3) is 0 Å². The lowest BCUT2D eigenvalue weighted by Crippen LogP contribution is -2.28. The van der Waals surface area contributed by atoms with E-state index in [1.165, 1.54) is 12.5 Å². The van der Waals surface area contributed by atoms with Gasteiger partial charge in [-0.15, -0.1) is 4.36 Å². The van der Waals surface area contributed by atoms with Crippen LogP contribution in [0.4, 0.5) is 27.9 Å². The summed E-state index contributed by atoms with van der Waals surface area (Å²) in [7, 11) is -2.52. The summed E-state index contributed by atoms with van der Waals surface area (Å²) in [6.45, 7) is 5.38. The van der Waals surface area contributed by atoms with E-state index in [9.17, 15) is 14.1 Å². The lowest BCUT2D eigenvalue weighted by atomic mass is 10.2. The minimum atomic E-state index is -2.52. The lowest BCUT2D eigenvalue weighted by Gasteiger charge is -2.18. The number of aromatic nitrogens is 2. The van der Waals surface area contributed by atoms with E-state index in [1.54, 1.807) is 25.3 Å². The highest BCUT2D eigenvalue weighted by Crippen LogP contribution is 2.25. The number of urea groups is 1. The normalized spacial score (nSPS) is 13.3. The van der Waals surface area contributed by atoms with Crippen molar-refractivity contribution in [3.05, 3.63) is 34.4 Å². The van der Waals surface area contributed by atoms with Crippen LogP contribution in [0.15, 0.2) is 33.2 Å². The van der Waals surface area contributed by atoms with Crippen molar-refractivity contribution in [1.82, 2.24) is 9.97 Å². The molecule has 2 aromatic rings. The van der Waals surface area contributed by atoms with Crippen LogP contribution >= 0.6 is 15.9 Å². The summed E-state index contributed by atoms with van der Waals surface area (Å²) >= 11 is 3.39. The second-order valence-corrected chi connectivity index (χ2v) is 10.3. The Kier molecular flexibility index (Phi) is 7.55. The van der Waals surface area contributed by atoms with Crippen molar-refractivity contribution in [2.24, 2.45) is 4.36 Å². The largest absolute Gasteiger partial charge is 0.391 e. The molecule has 29 heavy (non-hydrogen) atoms. The van der Waals surface area contributed by atoms with Gasteiger partial charge in [0.15, 0.2) is 0 Å². The number of aliphatic hydroxyl groups excluding tert-OH is 1. The topological polar surface area (TPSA) is 129 Å². The zero-order chi connectivity index (χ0) is 21.8. The molecule has 0 radical (unpaired) electrons. The Morgan fingerprint density at radius 2 is 2.00 bits per heavy atom. The molecule has 11 heteroatoms. The van der Waals surface area contributed by atoms with Gasteiger partial charge in [0.1, 0.15) is 5.82 Å². The fourth-order valence-electron chi connectivity index (χ4n) is 2.21. The van der Waals surface area contributed by atoms with Crippen molar-refractivity contribution in [3.8, 4) is 0 Å². The number of carbonyl (C=O) groups is 1. The van der Waals surface area contributed by atoms with Gasteiger partial charge in [0, 0.05) is 30.1 Å². The highest BCUT2D eigenvalue weighted by molar-refractivity contribution is 9.10. The second kappa shape index (κ2) is 9.51. The van der Waals surface area contributed by atoms with Crippen LogP contribution in [0.1, 0.15) is 19.4 Å². The monoisotopic (exact) mass is 484 g/mol. The van der Waals surface area contributed by atoms with Gasteiger partial charge in [0.25, 0.3) is 0 Å². The number of aryl methyl sites for hydroxylation is 1. The zero-order valence-electron chi connectivity index (χ0n) is 16.9. The van der Waals surface area contributed by atoms with Gasteiger partial charge in [-0.05, 0) is 60.5 Å². The zero-order valence-corrected chi connectivity index (χ0v) is 19.3. The van der Waals surface area contributed by atoms with Crippen LogP contribution in [0, 0.1) is 6.92 Å². The first-order valence-electron chi connectivity index (χ1n) is 8.77. The molecule has 0 aliphatic heterocycles. The quantitative estimate of drug-likeness (QED) is 0.491. The Bertz CT molecular complexity index is 1010. The van der Waals surface area contributed by atoms with E-state index in [1.807, 2.05) is 19.9 Å². The summed E-state index contributed by atoms with van der Waals surface area (Å²) in [6, 6.07) is 4.45. The number of benzene rings is 1. The molecular weight excluding hydrogens is 460 g/mol. The van der Waals surface area contributed by atoms with Gasteiger partial charge in [0.2, 0.25) is 5.95 Å². The Morgan fingerprint density at radius 3 is 2.59 bits per heavy atom. The maximum absolute atomic E-state index is 11.8. The molecule has 2 amide bonds. The van der Waals surface area contributed by atoms with Gasteiger partial charge in [0.05, 0.1) is 26.3 Å². The van der Waals surface area contributed by atoms with Crippen molar-refractivity contribution in [3.63, 3.8) is 0 Å². The van der Waals surface area contributed by atoms with Crippen LogP contribution in [0.5, 0.6) is 0 Å². The number of halogens is 1. The smallest absolute Gasteiger partial charge is 0.353 e. The van der Waals surface area contributed by atoms with Crippen molar-refractivity contribution in [2.45, 2.75) is 32.9 Å². The Morgan fingerprint density at radius 1 is 1.31 bits per heavy atom. The molecule has 4 N–H and O–H groups in total. The first-order chi connectivity index (χ1) is 13.4. The number of nitrogens with one attached hydrogen (secondary N) is 3. The van der Waals surface area contributed by atoms with E-state index in [-0.39, 0.29) is 6.04 Å². The first kappa shape index (κ1) is 23.0. The van der Waals surface area contributed by atoms with Gasteiger partial charge in [-0.1, -0.05) is 0 Å². The van der Waals surface area contributed by atoms with Gasteiger partial charge in [-0.2, -0.15) is 4.98 Å². The molecule has 158 valence electrons. The Labute approximate surface area is 179 Å². The second-order valence-electron chi connectivity index (χ2n) is 6.92. The third-order valence-corrected chi connectivity index (χ3v) is 5.04. The molecule has 0 unspecified atom stereocenters. The molecule has 2 atom stereocenters. The average Bonchev–Trinajstić information content (AvgIpc) is 2.58. The van der Waals surface area contributed by atoms with Gasteiger partial charge in [-0.3, -0.25) is 0 Å². The van der Waals surface area contributed by atoms with E-state index in [4.69, 9.17) is 0 Å². The average molecular weight is 485 g/mol. The molecular formula is C18H25BrN6O3S. The summed E-state index contributed by atoms with van der Waals surface area (Å²) in [6.07, 6.45) is 3.87. The van der Waals surface area contributed by atoms with E-state index in [2.05, 4.69) is 46.2 Å². The number of hydrogen-bond acceptors (Lipinski definition) is 7. The minimum absolute atomic E-state index is 0.189. The molecule has 0 saturated carbocycles. The molecule has 1 aromatic carbocycles. The lowest BCUT2D eigenvalue weighted by molar-refractivity contribution is 0.177. The fraction of sp³-hybridized carbons (Fsp3) is 0.389. The number of carbonyl (C=O) groups excluding carboxylic acids is 1. The maximum atomic E-state index is 11.8. The molecule has 0 bridgehead atoms. The summed E-state index contributed by atoms with van der Waals surface area (Å²) in [5, 5.41) is 18.5. The highest BCUT2D eigenvalue weighted by atomic mass is 79.9. The Balaban J connectivity index is 2.16. The number of aliphatic hydroxyl groups is 1. The number of amides is 2. The number of nitrogens with zero attached hydrogens (tertiary/aromatic N) is 3. The predicted octanol–water partition coefficient (Wildman–Crippen LogP) is 3.73. The molecule has 0 aliphatic rings. The minimum Gasteiger partial charge on any atom is -0.391 e. The summed E-state index contributed by atoms with van der Waals surface area (Å²) < 4.78 is 15.9. The molecule has 1 aromatic heterocycles. The number of hydrogen-bond donors (Lipinski definition) is 4. The van der Waals surface area contributed by atoms with Crippen molar-refractivity contribution in [1.29, 1.82) is 0 Å². The molecule has 0 aliphatic carbocycles. The van der Waals surface area contributed by atoms with Gasteiger partial charge < -0.3 is 21.1 Å². The van der Waals surface area contributed by atoms with Gasteiger partial charge in [-0.25, -0.2) is 14.0 Å². The molecule has 0 fully saturated rings. The summed E-state index contributed by atoms with van der Waals surface area (Å²) in [5.74, 6) is 0.928. The maximum Gasteiger partial charge on any atom is 0.353 e. The van der Waals surface area contributed by atoms with E-state index < -0.39 is 21.9 Å². The summed E-state index contributed by atoms with van der Waals surface area (Å²) in [4.78, 5) is 20.5. The summed E-state index contributed by atoms with van der Waals surface area (Å²) in [5.41, 5.74) is 2.08. The third-order valence-electron chi connectivity index (χ3n) is 3.86. The van der Waals surface area contributed by atoms with Crippen molar-refractivity contribution in [2.75, 3.05) is 28.5 Å². The molecule has 1 heterocycles. The number of anilines is 4. The predicted molar refractivity (Wildman–Crippen MR) is 120 cm³/mol. The van der Waals surface area contributed by atoms with Gasteiger partial charge >= 0.3 is 6.03 Å². The van der Waals surface area contributed by atoms with Crippen LogP contribution in [0.2, 0.25) is 0 Å². The standard InChI is InChI=1S/C18H25BrN6O3S/c1-10-8-13(6-7-15(10)23-18(27)25-29(4,5)28)22-17-20-9-14(19)16(24-17)21-11(2)12(3)26/h6-9,11-12,26H,1-5H3,(H,23,27)(H2,20,21,22,24)/t11-,12-/m1/s1. The molecule has 2 rings (SSSR count). The van der Waals surface area contributed by atoms with Crippen LogP contribution in [-0.2, 0) is 9.73 Å². The Hall–Kier alpha value is -2.24. The van der Waals surface area contributed by atoms with Crippen LogP contribution in [-0.4, -0.2) is 50.0 Å². The van der Waals surface area contributed by atoms with E-state index >= 15 is 0 Å². The number of rotatable bonds is 6. The fourth-order valence-corrected chi connectivity index (χ4v) is 2.96. The van der Waals surface area contributed by atoms with E-state index in [0.717, 1.165) is 11.3 Å². The molecule has 0 spiro atoms. The highest BCUT2D eigenvalue weighted by Gasteiger charge is 2.13. The van der Waals surface area contributed by atoms with Crippen molar-refractivity contribution >= 4 is 54.8 Å². The van der Waals surface area contributed by atoms with Crippen LogP contribution < -0.4 is 16.0 Å². The SMILES string of the molecule is Cc1cc(Nc2ncc(Br)c(N[C@H](C)[C@@H](C)O)n2)ccc1NC(=O)N=S(C)(C)=O. The molecule has 0 saturated heterocycles. The molecule has 9 nitrogen and oxygen atoms in total. The third kappa shape index (κ3) is 7.26.